The number of carboxylic acids is 1. The monoisotopic (exact) mass is 516 g/mol. The van der Waals surface area contributed by atoms with Gasteiger partial charge in [0.1, 0.15) is 4.91 Å². The maximum absolute atomic E-state index is 11.9. The fourth-order valence-corrected chi connectivity index (χ4v) is 4.23. The van der Waals surface area contributed by atoms with Crippen molar-refractivity contribution in [2.45, 2.75) is 4.90 Å². The third-order valence-electron chi connectivity index (χ3n) is 4.41. The van der Waals surface area contributed by atoms with Crippen LogP contribution in [0.15, 0.2) is 76.1 Å². The molecule has 0 fully saturated rings. The molecule has 0 amide bonds. The number of benzene rings is 2. The van der Waals surface area contributed by atoms with E-state index in [2.05, 4.69) is 0 Å². The largest absolute Gasteiger partial charge is 2.00 e. The van der Waals surface area contributed by atoms with Crippen molar-refractivity contribution in [3.63, 3.8) is 0 Å². The summed E-state index contributed by atoms with van der Waals surface area (Å²) in [6.07, 6.45) is 2.82. The number of rotatable bonds is 5. The van der Waals surface area contributed by atoms with Crippen LogP contribution >= 0.6 is 0 Å². The van der Waals surface area contributed by atoms with E-state index in [1.54, 1.807) is 0 Å². The Kier molecular flexibility index (Phi) is 8.07. The van der Waals surface area contributed by atoms with Gasteiger partial charge in [-0.3, -0.25) is 13.9 Å². The summed E-state index contributed by atoms with van der Waals surface area (Å²) in [5, 5.41) is 23.2. The number of carbonyl (C=O) groups is 2. The Morgan fingerprint density at radius 3 is 2.03 bits per heavy atom. The molecule has 0 aliphatic heterocycles. The zero-order valence-corrected chi connectivity index (χ0v) is 20.3. The second-order valence-corrected chi connectivity index (χ2v) is 9.30. The van der Waals surface area contributed by atoms with Gasteiger partial charge in [-0.25, -0.2) is 0 Å². The number of ketones is 1. The number of carbonyl (C=O) groups excluding carboxylic acids is 2. The summed E-state index contributed by atoms with van der Waals surface area (Å²) in [4.78, 5) is 21.2. The van der Waals surface area contributed by atoms with Crippen molar-refractivity contribution < 1.29 is 45.7 Å². The second-order valence-electron chi connectivity index (χ2n) is 6.52. The van der Waals surface area contributed by atoms with Gasteiger partial charge < -0.3 is 15.0 Å². The summed E-state index contributed by atoms with van der Waals surface area (Å²) in [5.74, 6) is -3.58. The first kappa shape index (κ1) is 26.9. The van der Waals surface area contributed by atoms with Crippen molar-refractivity contribution in [3.8, 4) is 5.75 Å². The molecule has 3 rings (SSSR count). The van der Waals surface area contributed by atoms with E-state index in [0.29, 0.717) is 0 Å². The van der Waals surface area contributed by atoms with Gasteiger partial charge in [-0.05, 0) is 52.1 Å². The molecule has 0 aromatic heterocycles. The molecule has 2 N–H and O–H groups in total. The van der Waals surface area contributed by atoms with Gasteiger partial charge in [0.2, 0.25) is 0 Å². The van der Waals surface area contributed by atoms with Crippen LogP contribution < -0.4 is 10.2 Å². The maximum atomic E-state index is 11.9. The predicted octanol–water partition coefficient (Wildman–Crippen LogP) is -0.298. The number of allylic oxidation sites excluding steroid dienone is 5. The molecule has 0 bridgehead atoms. The van der Waals surface area contributed by atoms with Gasteiger partial charge in [-0.1, -0.05) is 42.2 Å². The fraction of sp³-hybridized carbons (Fsp3) is 0. The summed E-state index contributed by atoms with van der Waals surface area (Å²) in [6.45, 7) is 0. The Labute approximate surface area is 218 Å². The van der Waals surface area contributed by atoms with Crippen molar-refractivity contribution in [3.05, 3.63) is 87.9 Å². The summed E-state index contributed by atoms with van der Waals surface area (Å²) in [5.41, 5.74) is -0.222. The standard InChI is InChI=1S/C20H14O10S2.Ca/c21-15-6-4-12(9-17(15)31(25,26)27)19(11-2-1-3-14(8-11)20(23)24)13-5-7-16(22)18(10-13)32(28,29)30;/h1-10,21H,(H,23,24)(H,25,26,27)(H,28,29,30);/q;+2/p-2/b19-13-;. The Hall–Kier alpha value is -2.32. The average molecular weight is 517 g/mol. The first-order chi connectivity index (χ1) is 14.8. The van der Waals surface area contributed by atoms with Gasteiger partial charge in [0.15, 0.2) is 5.78 Å². The average Bonchev–Trinajstić information content (AvgIpc) is 2.69. The molecule has 166 valence electrons. The number of aromatic carboxylic acids is 1. The van der Waals surface area contributed by atoms with Crippen LogP contribution in [0.2, 0.25) is 0 Å². The molecule has 1 aliphatic rings. The molecule has 0 unspecified atom stereocenters. The predicted molar refractivity (Wildman–Crippen MR) is 112 cm³/mol. The SMILES string of the molecule is O=C1C=C/C(=C(\c2cccc(C(=O)[O-])c2)c2ccc([O-])c(S(=O)(=O)O)c2)C=C1S(=O)(=O)O.[Ca+2]. The zero-order chi connectivity index (χ0) is 23.8. The minimum absolute atomic E-state index is 0. The van der Waals surface area contributed by atoms with Crippen LogP contribution in [0.25, 0.3) is 5.57 Å². The Balaban J connectivity index is 0.00000385. The number of hydrogen-bond acceptors (Lipinski definition) is 8. The number of hydrogen-bond donors (Lipinski definition) is 2. The third kappa shape index (κ3) is 5.98. The van der Waals surface area contributed by atoms with E-state index in [9.17, 15) is 45.7 Å². The van der Waals surface area contributed by atoms with E-state index in [1.807, 2.05) is 0 Å². The molecule has 2 aromatic carbocycles. The normalized spacial score (nSPS) is 15.5. The molecule has 0 saturated carbocycles. The molecule has 0 radical (unpaired) electrons. The van der Waals surface area contributed by atoms with E-state index in [-0.39, 0.29) is 65.6 Å². The van der Waals surface area contributed by atoms with Crippen molar-refractivity contribution in [2.24, 2.45) is 0 Å². The molecule has 33 heavy (non-hydrogen) atoms. The molecule has 0 spiro atoms. The molecule has 1 aliphatic carbocycles. The van der Waals surface area contributed by atoms with E-state index < -0.39 is 47.5 Å². The van der Waals surface area contributed by atoms with E-state index in [0.717, 1.165) is 42.5 Å². The molecule has 13 heteroatoms. The summed E-state index contributed by atoms with van der Waals surface area (Å²) >= 11 is 0. The van der Waals surface area contributed by atoms with Crippen LogP contribution in [0.3, 0.4) is 0 Å². The topological polar surface area (TPSA) is 189 Å². The van der Waals surface area contributed by atoms with Crippen LogP contribution in [0, 0.1) is 0 Å². The molecule has 0 heterocycles. The van der Waals surface area contributed by atoms with Crippen LogP contribution in [0.1, 0.15) is 21.5 Å². The van der Waals surface area contributed by atoms with Gasteiger partial charge >= 0.3 is 37.7 Å². The summed E-state index contributed by atoms with van der Waals surface area (Å²) in [7, 11) is -9.86. The first-order valence-electron chi connectivity index (χ1n) is 8.55. The smallest absolute Gasteiger partial charge is 0.872 e. The fourth-order valence-electron chi connectivity index (χ4n) is 3.03. The third-order valence-corrected chi connectivity index (χ3v) is 6.16. The number of carboxylic acid groups (broad SMARTS) is 1. The minimum Gasteiger partial charge on any atom is -0.872 e. The second kappa shape index (κ2) is 9.89. The van der Waals surface area contributed by atoms with Gasteiger partial charge in [0, 0.05) is 0 Å². The van der Waals surface area contributed by atoms with Crippen molar-refractivity contribution >= 4 is 75.3 Å². The van der Waals surface area contributed by atoms with E-state index in [4.69, 9.17) is 0 Å². The van der Waals surface area contributed by atoms with Crippen molar-refractivity contribution in [1.82, 2.24) is 0 Å². The van der Waals surface area contributed by atoms with Crippen LogP contribution in [-0.2, 0) is 25.0 Å². The Bertz CT molecular complexity index is 1470. The van der Waals surface area contributed by atoms with E-state index in [1.165, 1.54) is 18.2 Å². The van der Waals surface area contributed by atoms with Crippen LogP contribution in [-0.4, -0.2) is 75.4 Å². The maximum Gasteiger partial charge on any atom is 2.00 e. The van der Waals surface area contributed by atoms with Gasteiger partial charge in [-0.15, -0.1) is 0 Å². The quantitative estimate of drug-likeness (QED) is 0.394. The molecule has 0 saturated heterocycles. The Morgan fingerprint density at radius 1 is 0.848 bits per heavy atom. The molecule has 2 aromatic rings. The van der Waals surface area contributed by atoms with Gasteiger partial charge in [-0.2, -0.15) is 16.8 Å². The Morgan fingerprint density at radius 2 is 1.45 bits per heavy atom. The van der Waals surface area contributed by atoms with Crippen LogP contribution in [0.5, 0.6) is 5.75 Å². The molecular formula is C20H12CaO10S2. The van der Waals surface area contributed by atoms with Crippen molar-refractivity contribution in [2.75, 3.05) is 0 Å². The van der Waals surface area contributed by atoms with E-state index >= 15 is 0 Å². The van der Waals surface area contributed by atoms with Gasteiger partial charge in [0.05, 0.1) is 10.9 Å². The summed E-state index contributed by atoms with van der Waals surface area (Å²) in [6, 6.07) is 7.90. The first-order valence-corrected chi connectivity index (χ1v) is 11.4. The van der Waals surface area contributed by atoms with Crippen molar-refractivity contribution in [1.29, 1.82) is 0 Å². The molecular weight excluding hydrogens is 504 g/mol. The van der Waals surface area contributed by atoms with Gasteiger partial charge in [0.25, 0.3) is 20.2 Å². The zero-order valence-electron chi connectivity index (χ0n) is 16.5. The molecule has 0 atom stereocenters. The minimum atomic E-state index is -4.93. The molecule has 10 nitrogen and oxygen atoms in total. The van der Waals surface area contributed by atoms with Crippen LogP contribution in [0.4, 0.5) is 0 Å². The summed E-state index contributed by atoms with van der Waals surface area (Å²) < 4.78 is 65.0.